The van der Waals surface area contributed by atoms with Gasteiger partial charge in [0.25, 0.3) is 5.91 Å². The van der Waals surface area contributed by atoms with Crippen LogP contribution in [0.15, 0.2) is 24.3 Å². The topological polar surface area (TPSA) is 108 Å². The maximum atomic E-state index is 12.1. The van der Waals surface area contributed by atoms with Crippen LogP contribution in [-0.2, 0) is 24.1 Å². The van der Waals surface area contributed by atoms with Gasteiger partial charge < -0.3 is 19.5 Å². The highest BCUT2D eigenvalue weighted by Gasteiger charge is 2.39. The van der Waals surface area contributed by atoms with E-state index in [0.717, 1.165) is 19.4 Å². The zero-order chi connectivity index (χ0) is 20.2. The molecule has 28 heavy (non-hydrogen) atoms. The van der Waals surface area contributed by atoms with Gasteiger partial charge in [0.05, 0.1) is 28.7 Å². The number of amides is 1. The molecular weight excluding hydrogens is 386 g/mol. The summed E-state index contributed by atoms with van der Waals surface area (Å²) in [6, 6.07) is 6.46. The summed E-state index contributed by atoms with van der Waals surface area (Å²) in [6.45, 7) is 2.44. The van der Waals surface area contributed by atoms with Crippen molar-refractivity contribution in [3.63, 3.8) is 0 Å². The maximum absolute atomic E-state index is 12.1. The molecule has 2 heterocycles. The Hall–Kier alpha value is -2.13. The molecule has 0 unspecified atom stereocenters. The third-order valence-corrected chi connectivity index (χ3v) is 6.73. The molecule has 9 heteroatoms. The van der Waals surface area contributed by atoms with Crippen molar-refractivity contribution in [1.29, 1.82) is 0 Å². The Balaban J connectivity index is 1.43. The van der Waals surface area contributed by atoms with Gasteiger partial charge in [0.1, 0.15) is 12.4 Å². The molecule has 0 bridgehead atoms. The van der Waals surface area contributed by atoms with E-state index in [4.69, 9.17) is 14.2 Å². The first kappa shape index (κ1) is 20.6. The van der Waals surface area contributed by atoms with E-state index in [1.54, 1.807) is 31.2 Å². The van der Waals surface area contributed by atoms with E-state index in [1.165, 1.54) is 0 Å². The average Bonchev–Trinajstić information content (AvgIpc) is 3.25. The van der Waals surface area contributed by atoms with Gasteiger partial charge in [-0.3, -0.25) is 4.79 Å². The zero-order valence-corrected chi connectivity index (χ0v) is 16.6. The van der Waals surface area contributed by atoms with Gasteiger partial charge in [-0.1, -0.05) is 0 Å². The minimum absolute atomic E-state index is 0.0465. The van der Waals surface area contributed by atoms with Crippen LogP contribution in [0.3, 0.4) is 0 Å². The molecule has 8 nitrogen and oxygen atoms in total. The molecule has 154 valence electrons. The summed E-state index contributed by atoms with van der Waals surface area (Å²) in [5, 5.41) is 2.64. The number of carbonyl (C=O) groups is 2. The number of carbonyl (C=O) groups excluding carboxylic acids is 2. The van der Waals surface area contributed by atoms with E-state index in [2.05, 4.69) is 5.32 Å². The molecular formula is C19H25NO7S. The number of ether oxygens (including phenoxy) is 3. The van der Waals surface area contributed by atoms with Crippen LogP contribution in [0.2, 0.25) is 0 Å². The quantitative estimate of drug-likeness (QED) is 0.669. The number of sulfone groups is 1. The Morgan fingerprint density at radius 1 is 1.29 bits per heavy atom. The molecule has 2 fully saturated rings. The molecule has 2 atom stereocenters. The fraction of sp³-hybridized carbons (Fsp3) is 0.579. The van der Waals surface area contributed by atoms with Crippen molar-refractivity contribution in [3.8, 4) is 5.75 Å². The van der Waals surface area contributed by atoms with Gasteiger partial charge in [-0.15, -0.1) is 0 Å². The van der Waals surface area contributed by atoms with Crippen LogP contribution >= 0.6 is 0 Å². The molecule has 0 aliphatic carbocycles. The van der Waals surface area contributed by atoms with Crippen molar-refractivity contribution in [3.05, 3.63) is 29.8 Å². The minimum atomic E-state index is -3.13. The summed E-state index contributed by atoms with van der Waals surface area (Å²) < 4.78 is 39.3. The van der Waals surface area contributed by atoms with Crippen LogP contribution in [0.25, 0.3) is 0 Å². The zero-order valence-electron chi connectivity index (χ0n) is 15.8. The first-order valence-electron chi connectivity index (χ1n) is 9.28. The van der Waals surface area contributed by atoms with Crippen molar-refractivity contribution in [2.24, 2.45) is 0 Å². The minimum Gasteiger partial charge on any atom is -0.491 e. The van der Waals surface area contributed by atoms with Crippen molar-refractivity contribution < 1.29 is 32.2 Å². The Morgan fingerprint density at radius 3 is 2.64 bits per heavy atom. The fourth-order valence-electron chi connectivity index (χ4n) is 3.35. The van der Waals surface area contributed by atoms with Gasteiger partial charge in [0, 0.05) is 6.61 Å². The van der Waals surface area contributed by atoms with Gasteiger partial charge in [-0.25, -0.2) is 13.2 Å². The van der Waals surface area contributed by atoms with E-state index in [9.17, 15) is 18.0 Å². The molecule has 0 saturated carbocycles. The normalized spacial score (nSPS) is 26.0. The largest absolute Gasteiger partial charge is 0.491 e. The summed E-state index contributed by atoms with van der Waals surface area (Å²) in [5.41, 5.74) is -0.517. The molecule has 3 rings (SSSR count). The monoisotopic (exact) mass is 411 g/mol. The summed E-state index contributed by atoms with van der Waals surface area (Å²) in [5.74, 6) is -0.590. The smallest absolute Gasteiger partial charge is 0.338 e. The fourth-order valence-corrected chi connectivity index (χ4v) is 5.44. The lowest BCUT2D eigenvalue weighted by atomic mass is 10.0. The predicted octanol–water partition coefficient (Wildman–Crippen LogP) is 1.09. The summed E-state index contributed by atoms with van der Waals surface area (Å²) in [7, 11) is -3.13. The summed E-state index contributed by atoms with van der Waals surface area (Å²) >= 11 is 0. The number of nitrogens with one attached hydrogen (secondary N) is 1. The first-order chi connectivity index (χ1) is 13.2. The van der Waals surface area contributed by atoms with Crippen LogP contribution in [0.1, 0.15) is 36.5 Å². The SMILES string of the molecule is C[C@@]1(NC(=O)COC(=O)c2ccc(OC[C@@H]3CCCO3)cc2)CCS(=O)(=O)C1. The molecule has 1 amide bonds. The maximum Gasteiger partial charge on any atom is 0.338 e. The molecule has 0 spiro atoms. The van der Waals surface area contributed by atoms with Crippen LogP contribution in [-0.4, -0.2) is 63.3 Å². The lowest BCUT2D eigenvalue weighted by molar-refractivity contribution is -0.125. The van der Waals surface area contributed by atoms with Gasteiger partial charge in [-0.2, -0.15) is 0 Å². The molecule has 1 N–H and O–H groups in total. The molecule has 2 saturated heterocycles. The summed E-state index contributed by atoms with van der Waals surface area (Å²) in [4.78, 5) is 24.1. The average molecular weight is 411 g/mol. The Bertz CT molecular complexity index is 815. The number of hydrogen-bond donors (Lipinski definition) is 1. The van der Waals surface area contributed by atoms with Crippen LogP contribution in [0, 0.1) is 0 Å². The lowest BCUT2D eigenvalue weighted by Gasteiger charge is -2.23. The first-order valence-corrected chi connectivity index (χ1v) is 11.1. The summed E-state index contributed by atoms with van der Waals surface area (Å²) in [6.07, 6.45) is 2.49. The van der Waals surface area contributed by atoms with Crippen molar-refractivity contribution in [1.82, 2.24) is 5.32 Å². The van der Waals surface area contributed by atoms with Crippen LogP contribution in [0.4, 0.5) is 0 Å². The Kier molecular flexibility index (Phi) is 6.24. The highest BCUT2D eigenvalue weighted by molar-refractivity contribution is 7.91. The number of hydrogen-bond acceptors (Lipinski definition) is 7. The van der Waals surface area contributed by atoms with E-state index in [1.807, 2.05) is 0 Å². The second-order valence-electron chi connectivity index (χ2n) is 7.50. The molecule has 1 aromatic rings. The van der Waals surface area contributed by atoms with E-state index in [-0.39, 0.29) is 17.6 Å². The van der Waals surface area contributed by atoms with Gasteiger partial charge in [-0.05, 0) is 50.5 Å². The predicted molar refractivity (Wildman–Crippen MR) is 101 cm³/mol. The Labute approximate surface area is 164 Å². The number of esters is 1. The third-order valence-electron chi connectivity index (χ3n) is 4.83. The standard InChI is InChI=1S/C19H25NO7S/c1-19(8-10-28(23,24)13-19)20-17(21)12-27-18(22)14-4-6-15(7-5-14)26-11-16-3-2-9-25-16/h4-7,16H,2-3,8-13H2,1H3,(H,20,21)/t16-,19+/m0/s1. The third kappa shape index (κ3) is 5.68. The van der Waals surface area contributed by atoms with E-state index >= 15 is 0 Å². The highest BCUT2D eigenvalue weighted by atomic mass is 32.2. The lowest BCUT2D eigenvalue weighted by Crippen LogP contribution is -2.48. The van der Waals surface area contributed by atoms with Gasteiger partial charge in [0.2, 0.25) is 0 Å². The molecule has 2 aliphatic heterocycles. The van der Waals surface area contributed by atoms with Crippen molar-refractivity contribution in [2.45, 2.75) is 37.8 Å². The van der Waals surface area contributed by atoms with Crippen LogP contribution in [0.5, 0.6) is 5.75 Å². The highest BCUT2D eigenvalue weighted by Crippen LogP contribution is 2.22. The Morgan fingerprint density at radius 2 is 2.04 bits per heavy atom. The van der Waals surface area contributed by atoms with Gasteiger partial charge >= 0.3 is 5.97 Å². The molecule has 0 aromatic heterocycles. The second kappa shape index (κ2) is 8.48. The molecule has 1 aromatic carbocycles. The second-order valence-corrected chi connectivity index (χ2v) is 9.68. The van der Waals surface area contributed by atoms with Crippen LogP contribution < -0.4 is 10.1 Å². The number of rotatable bonds is 7. The molecule has 2 aliphatic rings. The van der Waals surface area contributed by atoms with Gasteiger partial charge in [0.15, 0.2) is 16.4 Å². The molecule has 0 radical (unpaired) electrons. The van der Waals surface area contributed by atoms with Crippen molar-refractivity contribution >= 4 is 21.7 Å². The van der Waals surface area contributed by atoms with E-state index < -0.39 is 33.9 Å². The van der Waals surface area contributed by atoms with E-state index in [0.29, 0.717) is 24.3 Å². The number of benzene rings is 1. The van der Waals surface area contributed by atoms with Crippen molar-refractivity contribution in [2.75, 3.05) is 31.3 Å².